The van der Waals surface area contributed by atoms with Crippen molar-refractivity contribution in [3.05, 3.63) is 18.0 Å². The van der Waals surface area contributed by atoms with Crippen LogP contribution in [0.15, 0.2) is 12.3 Å². The predicted octanol–water partition coefficient (Wildman–Crippen LogP) is 3.46. The fraction of sp³-hybridized carbons (Fsp3) is 0.750. The van der Waals surface area contributed by atoms with Crippen molar-refractivity contribution in [1.29, 1.82) is 0 Å². The average molecular weight is 298 g/mol. The molecule has 1 atom stereocenters. The van der Waals surface area contributed by atoms with E-state index in [1.54, 1.807) is 16.9 Å². The number of nitrogens with zero attached hydrogens (tertiary/aromatic N) is 3. The zero-order valence-electron chi connectivity index (χ0n) is 11.1. The summed E-state index contributed by atoms with van der Waals surface area (Å²) in [6.07, 6.45) is -1.49. The van der Waals surface area contributed by atoms with Crippen LogP contribution in [0.2, 0.25) is 0 Å². The van der Waals surface area contributed by atoms with E-state index in [9.17, 15) is 13.2 Å². The van der Waals surface area contributed by atoms with Crippen LogP contribution in [0, 0.1) is 0 Å². The smallest absolute Gasteiger partial charge is 0.288 e. The first kappa shape index (κ1) is 16.3. The van der Waals surface area contributed by atoms with E-state index in [4.69, 9.17) is 11.6 Å². The molecular weight excluding hydrogens is 279 g/mol. The molecule has 0 fully saturated rings. The summed E-state index contributed by atoms with van der Waals surface area (Å²) in [4.78, 5) is 1.26. The van der Waals surface area contributed by atoms with Gasteiger partial charge in [-0.25, -0.2) is 0 Å². The summed E-state index contributed by atoms with van der Waals surface area (Å²) in [6.45, 7) is 3.45. The molecule has 0 aliphatic heterocycles. The van der Waals surface area contributed by atoms with E-state index in [0.29, 0.717) is 5.69 Å². The minimum Gasteiger partial charge on any atom is -0.288 e. The minimum absolute atomic E-state index is 0.162. The van der Waals surface area contributed by atoms with Gasteiger partial charge in [0.2, 0.25) is 0 Å². The fourth-order valence-corrected chi connectivity index (χ4v) is 1.95. The van der Waals surface area contributed by atoms with Gasteiger partial charge >= 0.3 is 6.18 Å². The van der Waals surface area contributed by atoms with E-state index < -0.39 is 12.7 Å². The van der Waals surface area contributed by atoms with Gasteiger partial charge in [-0.1, -0.05) is 6.92 Å². The molecule has 1 heterocycles. The van der Waals surface area contributed by atoms with Gasteiger partial charge in [-0.2, -0.15) is 18.3 Å². The van der Waals surface area contributed by atoms with Crippen LogP contribution in [-0.4, -0.2) is 39.8 Å². The molecule has 3 nitrogen and oxygen atoms in total. The highest BCUT2D eigenvalue weighted by Crippen LogP contribution is 2.18. The van der Waals surface area contributed by atoms with Gasteiger partial charge in [0.05, 0.1) is 12.2 Å². The van der Waals surface area contributed by atoms with Crippen molar-refractivity contribution in [1.82, 2.24) is 14.7 Å². The van der Waals surface area contributed by atoms with Crippen LogP contribution >= 0.6 is 11.6 Å². The summed E-state index contributed by atoms with van der Waals surface area (Å²) in [6, 6.07) is 2.00. The second kappa shape index (κ2) is 7.14. The van der Waals surface area contributed by atoms with E-state index in [0.717, 1.165) is 6.42 Å². The van der Waals surface area contributed by atoms with Crippen molar-refractivity contribution in [3.8, 4) is 0 Å². The molecule has 1 aromatic rings. The quantitative estimate of drug-likeness (QED) is 0.719. The van der Waals surface area contributed by atoms with Crippen LogP contribution in [-0.2, 0) is 6.54 Å². The van der Waals surface area contributed by atoms with E-state index in [1.807, 2.05) is 13.8 Å². The third-order valence-corrected chi connectivity index (χ3v) is 3.06. The Labute approximate surface area is 116 Å². The third kappa shape index (κ3) is 5.82. The first-order valence-corrected chi connectivity index (χ1v) is 6.78. The Balaban J connectivity index is 2.65. The molecule has 0 radical (unpaired) electrons. The van der Waals surface area contributed by atoms with Gasteiger partial charge in [0.15, 0.2) is 0 Å². The van der Waals surface area contributed by atoms with Crippen molar-refractivity contribution < 1.29 is 13.2 Å². The van der Waals surface area contributed by atoms with Crippen molar-refractivity contribution in [2.45, 2.75) is 39.0 Å². The molecule has 0 spiro atoms. The number of rotatable bonds is 7. The molecule has 0 aliphatic carbocycles. The van der Waals surface area contributed by atoms with Gasteiger partial charge in [0.25, 0.3) is 0 Å². The normalized spacial score (nSPS) is 14.1. The summed E-state index contributed by atoms with van der Waals surface area (Å²) in [7, 11) is 0. The molecule has 0 aliphatic rings. The number of hydrogen-bond acceptors (Lipinski definition) is 2. The lowest BCUT2D eigenvalue weighted by atomic mass is 10.3. The topological polar surface area (TPSA) is 21.1 Å². The molecule has 0 saturated heterocycles. The van der Waals surface area contributed by atoms with Crippen LogP contribution in [0.1, 0.15) is 32.0 Å². The standard InChI is InChI=1S/C12H19ClF3N3/c1-3-10(2)19-6-4-11(17-19)8-18(7-5-13)9-12(14,15)16/h4,6,10H,3,5,7-9H2,1-2H3. The maximum atomic E-state index is 12.4. The number of alkyl halides is 4. The molecule has 0 aromatic carbocycles. The Hall–Kier alpha value is -0.750. The molecule has 7 heteroatoms. The Kier molecular flexibility index (Phi) is 6.13. The number of aromatic nitrogens is 2. The monoisotopic (exact) mass is 297 g/mol. The van der Waals surface area contributed by atoms with Crippen LogP contribution in [0.4, 0.5) is 13.2 Å². The zero-order valence-corrected chi connectivity index (χ0v) is 11.9. The number of hydrogen-bond donors (Lipinski definition) is 0. The van der Waals surface area contributed by atoms with Crippen molar-refractivity contribution in [3.63, 3.8) is 0 Å². The highest BCUT2D eigenvalue weighted by molar-refractivity contribution is 6.18. The summed E-state index contributed by atoms with van der Waals surface area (Å²) in [5.74, 6) is 0.169. The van der Waals surface area contributed by atoms with Crippen molar-refractivity contribution in [2.24, 2.45) is 0 Å². The van der Waals surface area contributed by atoms with Gasteiger partial charge in [0, 0.05) is 31.2 Å². The SMILES string of the molecule is CCC(C)n1ccc(CN(CCCl)CC(F)(F)F)n1. The number of halogens is 4. The van der Waals surface area contributed by atoms with E-state index in [2.05, 4.69) is 5.10 Å². The summed E-state index contributed by atoms with van der Waals surface area (Å²) < 4.78 is 39.0. The molecule has 0 amide bonds. The van der Waals surface area contributed by atoms with Crippen LogP contribution in [0.25, 0.3) is 0 Å². The Morgan fingerprint density at radius 1 is 1.47 bits per heavy atom. The lowest BCUT2D eigenvalue weighted by Crippen LogP contribution is -2.35. The third-order valence-electron chi connectivity index (χ3n) is 2.90. The minimum atomic E-state index is -4.22. The van der Waals surface area contributed by atoms with E-state index in [1.165, 1.54) is 4.90 Å². The molecule has 1 unspecified atom stereocenters. The second-order valence-corrected chi connectivity index (χ2v) is 4.94. The van der Waals surface area contributed by atoms with Crippen LogP contribution in [0.5, 0.6) is 0 Å². The van der Waals surface area contributed by atoms with Gasteiger partial charge in [0.1, 0.15) is 0 Å². The predicted molar refractivity (Wildman–Crippen MR) is 69.3 cm³/mol. The van der Waals surface area contributed by atoms with Crippen LogP contribution < -0.4 is 0 Å². The van der Waals surface area contributed by atoms with Crippen molar-refractivity contribution >= 4 is 11.6 Å². The summed E-state index contributed by atoms with van der Waals surface area (Å²) in [5.41, 5.74) is 0.634. The van der Waals surface area contributed by atoms with Gasteiger partial charge in [-0.3, -0.25) is 9.58 Å². The Morgan fingerprint density at radius 3 is 2.68 bits per heavy atom. The molecule has 110 valence electrons. The van der Waals surface area contributed by atoms with Gasteiger partial charge in [-0.05, 0) is 19.4 Å². The fourth-order valence-electron chi connectivity index (χ4n) is 1.71. The lowest BCUT2D eigenvalue weighted by Gasteiger charge is -2.21. The van der Waals surface area contributed by atoms with E-state index in [-0.39, 0.29) is 25.0 Å². The second-order valence-electron chi connectivity index (χ2n) is 4.56. The molecule has 0 saturated carbocycles. The molecular formula is C12H19ClF3N3. The maximum absolute atomic E-state index is 12.4. The molecule has 19 heavy (non-hydrogen) atoms. The highest BCUT2D eigenvalue weighted by atomic mass is 35.5. The van der Waals surface area contributed by atoms with Crippen molar-refractivity contribution in [2.75, 3.05) is 19.0 Å². The first-order valence-electron chi connectivity index (χ1n) is 6.24. The maximum Gasteiger partial charge on any atom is 0.401 e. The lowest BCUT2D eigenvalue weighted by molar-refractivity contribution is -0.146. The Bertz CT molecular complexity index is 379. The first-order chi connectivity index (χ1) is 8.85. The average Bonchev–Trinajstić information content (AvgIpc) is 2.74. The summed E-state index contributed by atoms with van der Waals surface area (Å²) >= 11 is 5.53. The van der Waals surface area contributed by atoms with Gasteiger partial charge < -0.3 is 0 Å². The highest BCUT2D eigenvalue weighted by Gasteiger charge is 2.30. The van der Waals surface area contributed by atoms with Crippen LogP contribution in [0.3, 0.4) is 0 Å². The molecule has 0 bridgehead atoms. The van der Waals surface area contributed by atoms with E-state index >= 15 is 0 Å². The molecule has 1 rings (SSSR count). The molecule has 1 aromatic heterocycles. The largest absolute Gasteiger partial charge is 0.401 e. The van der Waals surface area contributed by atoms with Gasteiger partial charge in [-0.15, -0.1) is 11.6 Å². The summed E-state index contributed by atoms with van der Waals surface area (Å²) in [5, 5.41) is 4.30. The zero-order chi connectivity index (χ0) is 14.5. The Morgan fingerprint density at radius 2 is 2.16 bits per heavy atom. The molecule has 0 N–H and O–H groups in total.